The molecule has 0 aromatic carbocycles. The van der Waals surface area contributed by atoms with Crippen LogP contribution in [0.2, 0.25) is 0 Å². The Bertz CT molecular complexity index is 290. The molecule has 0 radical (unpaired) electrons. The summed E-state index contributed by atoms with van der Waals surface area (Å²) in [6.45, 7) is 6.34. The molecule has 1 saturated carbocycles. The van der Waals surface area contributed by atoms with Crippen LogP contribution in [0.25, 0.3) is 0 Å². The number of nitrogens with zero attached hydrogens (tertiary/aromatic N) is 1. The van der Waals surface area contributed by atoms with Gasteiger partial charge in [-0.3, -0.25) is 4.79 Å². The summed E-state index contributed by atoms with van der Waals surface area (Å²) in [7, 11) is 0. The fraction of sp³-hybridized carbons (Fsp3) is 0.929. The Morgan fingerprint density at radius 2 is 1.78 bits per heavy atom. The third-order valence-electron chi connectivity index (χ3n) is 4.79. The molecule has 2 rings (SSSR count). The monoisotopic (exact) mass is 274 g/mol. The number of amides is 1. The Morgan fingerprint density at radius 1 is 1.17 bits per heavy atom. The fourth-order valence-electron chi connectivity index (χ4n) is 3.16. The van der Waals surface area contributed by atoms with Crippen LogP contribution in [0.4, 0.5) is 0 Å². The van der Waals surface area contributed by atoms with Crippen molar-refractivity contribution < 1.29 is 4.79 Å². The molecular weight excluding hydrogens is 248 g/mol. The van der Waals surface area contributed by atoms with Crippen LogP contribution in [0.5, 0.6) is 0 Å². The van der Waals surface area contributed by atoms with Crippen LogP contribution in [0.3, 0.4) is 0 Å². The van der Waals surface area contributed by atoms with E-state index >= 15 is 0 Å². The number of rotatable bonds is 1. The Balaban J connectivity index is 0.00000162. The minimum Gasteiger partial charge on any atom is -0.341 e. The molecule has 2 atom stereocenters. The van der Waals surface area contributed by atoms with Crippen LogP contribution in [-0.2, 0) is 4.79 Å². The van der Waals surface area contributed by atoms with E-state index in [2.05, 4.69) is 13.8 Å². The molecule has 0 bridgehead atoms. The van der Waals surface area contributed by atoms with Crippen molar-refractivity contribution in [2.24, 2.45) is 17.6 Å². The highest BCUT2D eigenvalue weighted by molar-refractivity contribution is 5.86. The summed E-state index contributed by atoms with van der Waals surface area (Å²) >= 11 is 0. The molecule has 3 nitrogen and oxygen atoms in total. The van der Waals surface area contributed by atoms with Crippen molar-refractivity contribution in [3.63, 3.8) is 0 Å². The third-order valence-corrected chi connectivity index (χ3v) is 4.79. The summed E-state index contributed by atoms with van der Waals surface area (Å²) in [5.74, 6) is 1.56. The number of carbonyl (C=O) groups excluding carboxylic acids is 1. The molecule has 0 spiro atoms. The van der Waals surface area contributed by atoms with Crippen molar-refractivity contribution in [3.8, 4) is 0 Å². The number of nitrogens with two attached hydrogens (primary N) is 1. The smallest absolute Gasteiger partial charge is 0.242 e. The summed E-state index contributed by atoms with van der Waals surface area (Å²) in [6, 6.07) is 0. The van der Waals surface area contributed by atoms with E-state index in [0.717, 1.165) is 51.1 Å². The number of piperidine rings is 1. The van der Waals surface area contributed by atoms with Crippen LogP contribution in [0.1, 0.15) is 52.4 Å². The molecule has 2 unspecified atom stereocenters. The number of likely N-dealkylation sites (tertiary alicyclic amines) is 1. The average Bonchev–Trinajstić information content (AvgIpc) is 2.33. The molecule has 2 N–H and O–H groups in total. The Labute approximate surface area is 117 Å². The van der Waals surface area contributed by atoms with Gasteiger partial charge in [0.05, 0.1) is 5.54 Å². The molecule has 106 valence electrons. The van der Waals surface area contributed by atoms with Gasteiger partial charge in [0, 0.05) is 13.1 Å². The third kappa shape index (κ3) is 3.18. The van der Waals surface area contributed by atoms with E-state index in [1.807, 2.05) is 4.90 Å². The van der Waals surface area contributed by atoms with Gasteiger partial charge in [-0.2, -0.15) is 0 Å². The first-order valence-electron chi connectivity index (χ1n) is 7.11. The second-order valence-electron chi connectivity index (χ2n) is 6.21. The van der Waals surface area contributed by atoms with Crippen molar-refractivity contribution >= 4 is 18.3 Å². The van der Waals surface area contributed by atoms with Crippen molar-refractivity contribution in [3.05, 3.63) is 0 Å². The quantitative estimate of drug-likeness (QED) is 0.799. The van der Waals surface area contributed by atoms with Crippen LogP contribution < -0.4 is 5.73 Å². The van der Waals surface area contributed by atoms with Gasteiger partial charge in [0.2, 0.25) is 5.91 Å². The van der Waals surface area contributed by atoms with E-state index in [0.29, 0.717) is 5.92 Å². The van der Waals surface area contributed by atoms with E-state index in [9.17, 15) is 4.79 Å². The van der Waals surface area contributed by atoms with Gasteiger partial charge < -0.3 is 10.6 Å². The topological polar surface area (TPSA) is 46.3 Å². The zero-order valence-electron chi connectivity index (χ0n) is 11.7. The summed E-state index contributed by atoms with van der Waals surface area (Å²) in [4.78, 5) is 14.6. The Hall–Kier alpha value is -0.280. The van der Waals surface area contributed by atoms with E-state index in [1.54, 1.807) is 0 Å². The molecule has 0 aromatic rings. The molecule has 2 fully saturated rings. The van der Waals surface area contributed by atoms with Crippen LogP contribution in [-0.4, -0.2) is 29.4 Å². The standard InChI is InChI=1S/C14H26N2O.ClH/c1-11-6-9-16(10-12(11)2)13(17)14(15)7-4-3-5-8-14;/h11-12H,3-10,15H2,1-2H3;1H. The van der Waals surface area contributed by atoms with Crippen molar-refractivity contribution in [2.45, 2.75) is 57.9 Å². The number of carbonyl (C=O) groups is 1. The van der Waals surface area contributed by atoms with E-state index in [-0.39, 0.29) is 18.3 Å². The second-order valence-corrected chi connectivity index (χ2v) is 6.21. The van der Waals surface area contributed by atoms with Gasteiger partial charge in [-0.1, -0.05) is 33.1 Å². The van der Waals surface area contributed by atoms with Crippen molar-refractivity contribution in [1.29, 1.82) is 0 Å². The van der Waals surface area contributed by atoms with Gasteiger partial charge in [0.25, 0.3) is 0 Å². The first kappa shape index (κ1) is 15.8. The van der Waals surface area contributed by atoms with Crippen LogP contribution in [0.15, 0.2) is 0 Å². The number of hydrogen-bond donors (Lipinski definition) is 1. The van der Waals surface area contributed by atoms with Gasteiger partial charge in [-0.15, -0.1) is 12.4 Å². The Morgan fingerprint density at radius 3 is 2.33 bits per heavy atom. The van der Waals surface area contributed by atoms with Gasteiger partial charge in [-0.25, -0.2) is 0 Å². The molecule has 0 aromatic heterocycles. The molecule has 1 saturated heterocycles. The van der Waals surface area contributed by atoms with Gasteiger partial charge in [-0.05, 0) is 31.1 Å². The van der Waals surface area contributed by atoms with E-state index < -0.39 is 5.54 Å². The summed E-state index contributed by atoms with van der Waals surface area (Å²) < 4.78 is 0. The SMILES string of the molecule is CC1CCN(C(=O)C2(N)CCCCC2)CC1C.Cl. The molecule has 1 aliphatic heterocycles. The predicted octanol–water partition coefficient (Wildman–Crippen LogP) is 2.57. The van der Waals surface area contributed by atoms with Crippen LogP contribution >= 0.6 is 12.4 Å². The minimum absolute atomic E-state index is 0. The van der Waals surface area contributed by atoms with Gasteiger partial charge in [0.1, 0.15) is 0 Å². The first-order valence-corrected chi connectivity index (χ1v) is 7.11. The molecule has 1 heterocycles. The highest BCUT2D eigenvalue weighted by Crippen LogP contribution is 2.30. The Kier molecular flexibility index (Phi) is 5.47. The van der Waals surface area contributed by atoms with Crippen molar-refractivity contribution in [1.82, 2.24) is 4.90 Å². The molecular formula is C14H27ClN2O. The van der Waals surface area contributed by atoms with Crippen molar-refractivity contribution in [2.75, 3.05) is 13.1 Å². The highest BCUT2D eigenvalue weighted by atomic mass is 35.5. The fourth-order valence-corrected chi connectivity index (χ4v) is 3.16. The normalized spacial score (nSPS) is 31.6. The molecule has 1 aliphatic carbocycles. The lowest BCUT2D eigenvalue weighted by Crippen LogP contribution is -2.58. The molecule has 1 amide bonds. The summed E-state index contributed by atoms with van der Waals surface area (Å²) in [6.07, 6.45) is 6.35. The van der Waals surface area contributed by atoms with E-state index in [1.165, 1.54) is 6.42 Å². The first-order chi connectivity index (χ1) is 8.03. The lowest BCUT2D eigenvalue weighted by molar-refractivity contribution is -0.140. The van der Waals surface area contributed by atoms with Gasteiger partial charge >= 0.3 is 0 Å². The summed E-state index contributed by atoms with van der Waals surface area (Å²) in [5.41, 5.74) is 5.78. The minimum atomic E-state index is -0.543. The van der Waals surface area contributed by atoms with Gasteiger partial charge in [0.15, 0.2) is 0 Å². The largest absolute Gasteiger partial charge is 0.341 e. The van der Waals surface area contributed by atoms with E-state index in [4.69, 9.17) is 5.73 Å². The number of halogens is 1. The summed E-state index contributed by atoms with van der Waals surface area (Å²) in [5, 5.41) is 0. The zero-order valence-corrected chi connectivity index (χ0v) is 12.5. The molecule has 18 heavy (non-hydrogen) atoms. The predicted molar refractivity (Wildman–Crippen MR) is 76.8 cm³/mol. The maximum Gasteiger partial charge on any atom is 0.242 e. The molecule has 4 heteroatoms. The maximum absolute atomic E-state index is 12.5. The molecule has 2 aliphatic rings. The lowest BCUT2D eigenvalue weighted by Gasteiger charge is -2.41. The maximum atomic E-state index is 12.5. The average molecular weight is 275 g/mol. The lowest BCUT2D eigenvalue weighted by atomic mass is 9.80. The second kappa shape index (κ2) is 6.25. The highest BCUT2D eigenvalue weighted by Gasteiger charge is 2.39. The zero-order chi connectivity index (χ0) is 12.5. The van der Waals surface area contributed by atoms with Crippen LogP contribution in [0, 0.1) is 11.8 Å². The number of hydrogen-bond acceptors (Lipinski definition) is 2.